The molecular formula is C26H25F2N7O4S. The molecule has 0 aliphatic carbocycles. The van der Waals surface area contributed by atoms with E-state index in [0.717, 1.165) is 23.5 Å². The lowest BCUT2D eigenvalue weighted by atomic mass is 9.86. The van der Waals surface area contributed by atoms with Crippen LogP contribution in [0.5, 0.6) is 0 Å². The predicted octanol–water partition coefficient (Wildman–Crippen LogP) is 3.09. The molecule has 0 aliphatic rings. The largest absolute Gasteiger partial charge is 0.381 e. The zero-order valence-electron chi connectivity index (χ0n) is 21.6. The Morgan fingerprint density at radius 2 is 1.95 bits per heavy atom. The zero-order valence-corrected chi connectivity index (χ0v) is 22.4. The molecule has 2 unspecified atom stereocenters. The lowest BCUT2D eigenvalue weighted by Gasteiger charge is -2.35. The molecule has 14 heteroatoms. The highest BCUT2D eigenvalue weighted by Crippen LogP contribution is 2.32. The fourth-order valence-electron chi connectivity index (χ4n) is 3.93. The number of aryl methyl sites for hydroxylation is 1. The van der Waals surface area contributed by atoms with Crippen molar-refractivity contribution in [3.63, 3.8) is 0 Å². The van der Waals surface area contributed by atoms with Gasteiger partial charge in [0.1, 0.15) is 39.8 Å². The summed E-state index contributed by atoms with van der Waals surface area (Å²) >= 11 is 1.11. The van der Waals surface area contributed by atoms with E-state index in [0.29, 0.717) is 27.9 Å². The van der Waals surface area contributed by atoms with E-state index < -0.39 is 35.2 Å². The van der Waals surface area contributed by atoms with Gasteiger partial charge >= 0.3 is 5.97 Å². The number of nitrogens with one attached hydrogen (secondary N) is 3. The van der Waals surface area contributed by atoms with Crippen molar-refractivity contribution in [2.24, 2.45) is 0 Å². The minimum atomic E-state index is -2.01. The number of carbonyl (C=O) groups excluding carboxylic acids is 2. The summed E-state index contributed by atoms with van der Waals surface area (Å²) in [5.74, 6) is -3.02. The van der Waals surface area contributed by atoms with Crippen molar-refractivity contribution >= 4 is 29.0 Å². The average molecular weight is 570 g/mol. The van der Waals surface area contributed by atoms with Gasteiger partial charge in [0.25, 0.3) is 5.91 Å². The third kappa shape index (κ3) is 6.18. The fourth-order valence-corrected chi connectivity index (χ4v) is 4.91. The summed E-state index contributed by atoms with van der Waals surface area (Å²) in [5, 5.41) is 26.8. The third-order valence-electron chi connectivity index (χ3n) is 6.05. The molecule has 2 heterocycles. The molecule has 4 N–H and O–H groups in total. The van der Waals surface area contributed by atoms with Gasteiger partial charge in [0.05, 0.1) is 18.3 Å². The average Bonchev–Trinajstić information content (AvgIpc) is 3.56. The van der Waals surface area contributed by atoms with Crippen LogP contribution in [0, 0.1) is 24.0 Å². The van der Waals surface area contributed by atoms with Crippen molar-refractivity contribution in [3.05, 3.63) is 88.5 Å². The van der Waals surface area contributed by atoms with Gasteiger partial charge in [-0.1, -0.05) is 30.3 Å². The van der Waals surface area contributed by atoms with Gasteiger partial charge in [-0.15, -0.1) is 11.3 Å². The van der Waals surface area contributed by atoms with Gasteiger partial charge in [0.2, 0.25) is 0 Å². The van der Waals surface area contributed by atoms with Crippen molar-refractivity contribution in [1.29, 1.82) is 5.41 Å². The van der Waals surface area contributed by atoms with Crippen LogP contribution < -0.4 is 10.8 Å². The molecule has 1 amide bonds. The van der Waals surface area contributed by atoms with Crippen LogP contribution in [0.4, 0.5) is 8.78 Å². The van der Waals surface area contributed by atoms with Crippen molar-refractivity contribution < 1.29 is 28.3 Å². The van der Waals surface area contributed by atoms with Crippen molar-refractivity contribution in [3.8, 4) is 10.6 Å². The van der Waals surface area contributed by atoms with Crippen LogP contribution in [0.1, 0.15) is 40.3 Å². The second-order valence-electron chi connectivity index (χ2n) is 8.92. The molecule has 0 radical (unpaired) electrons. The Balaban J connectivity index is 1.55. The highest BCUT2D eigenvalue weighted by atomic mass is 32.1. The molecule has 4 aromatic rings. The number of benzene rings is 2. The standard InChI is InChI=1S/C26H25F2N7O4S/c1-14-22(40-25(32-14)18-6-4-17(5-7-18)23(29)34-39-16(3)36)24(37)33-15(2)26(38,11-35-13-30-12-31-35)20-9-8-19(27)10-21(20)28/h4-10,12-13,15,38H,11H2,1-3H3,(H2,29,34)(H,33,37). The number of hydroxylamine groups is 1. The van der Waals surface area contributed by atoms with E-state index in [1.807, 2.05) is 0 Å². The van der Waals surface area contributed by atoms with E-state index in [-0.39, 0.29) is 22.8 Å². The molecule has 11 nitrogen and oxygen atoms in total. The minimum absolute atomic E-state index is 0.109. The zero-order chi connectivity index (χ0) is 29.0. The number of aromatic nitrogens is 4. The van der Waals surface area contributed by atoms with Gasteiger partial charge < -0.3 is 15.3 Å². The van der Waals surface area contributed by atoms with E-state index in [2.05, 4.69) is 30.7 Å². The molecule has 2 aromatic carbocycles. The summed E-state index contributed by atoms with van der Waals surface area (Å²) in [6.45, 7) is 4.11. The number of amides is 1. The maximum atomic E-state index is 14.8. The van der Waals surface area contributed by atoms with Gasteiger partial charge in [-0.2, -0.15) is 5.10 Å². The van der Waals surface area contributed by atoms with Gasteiger partial charge in [0.15, 0.2) is 5.84 Å². The van der Waals surface area contributed by atoms with Crippen LogP contribution in [-0.2, 0) is 21.8 Å². The first-order chi connectivity index (χ1) is 19.0. The van der Waals surface area contributed by atoms with E-state index in [1.54, 1.807) is 31.2 Å². The Morgan fingerprint density at radius 1 is 1.23 bits per heavy atom. The first-order valence-electron chi connectivity index (χ1n) is 11.9. The molecule has 4 rings (SSSR count). The lowest BCUT2D eigenvalue weighted by molar-refractivity contribution is -0.145. The van der Waals surface area contributed by atoms with Crippen LogP contribution in [0.15, 0.2) is 55.1 Å². The normalized spacial score (nSPS) is 13.2. The molecular weight excluding hydrogens is 544 g/mol. The highest BCUT2D eigenvalue weighted by Gasteiger charge is 2.40. The molecule has 40 heavy (non-hydrogen) atoms. The Labute approximate surface area is 231 Å². The quantitative estimate of drug-likeness (QED) is 0.143. The maximum absolute atomic E-state index is 14.8. The molecule has 0 saturated heterocycles. The number of carbonyl (C=O) groups is 2. The summed E-state index contributed by atoms with van der Waals surface area (Å²) in [7, 11) is 0. The summed E-state index contributed by atoms with van der Waals surface area (Å²) in [6.07, 6.45) is 2.58. The van der Waals surface area contributed by atoms with Crippen LogP contribution >= 0.6 is 11.3 Å². The third-order valence-corrected chi connectivity index (χ3v) is 7.26. The molecule has 0 aliphatic heterocycles. The van der Waals surface area contributed by atoms with Gasteiger partial charge in [-0.25, -0.2) is 28.9 Å². The van der Waals surface area contributed by atoms with E-state index in [1.165, 1.54) is 31.2 Å². The number of nitrogens with zero attached hydrogens (tertiary/aromatic N) is 4. The van der Waals surface area contributed by atoms with E-state index in [9.17, 15) is 23.5 Å². The van der Waals surface area contributed by atoms with E-state index in [4.69, 9.17) is 5.41 Å². The monoisotopic (exact) mass is 569 g/mol. The van der Waals surface area contributed by atoms with Gasteiger partial charge in [-0.05, 0) is 19.9 Å². The van der Waals surface area contributed by atoms with Crippen molar-refractivity contribution in [2.75, 3.05) is 0 Å². The number of rotatable bonds is 8. The van der Waals surface area contributed by atoms with Crippen LogP contribution in [0.25, 0.3) is 10.6 Å². The Hall–Kier alpha value is -4.56. The Bertz CT molecular complexity index is 1540. The molecule has 208 valence electrons. The number of halogens is 2. The second-order valence-corrected chi connectivity index (χ2v) is 9.92. The van der Waals surface area contributed by atoms with Crippen molar-refractivity contribution in [2.45, 2.75) is 39.0 Å². The summed E-state index contributed by atoms with van der Waals surface area (Å²) in [6, 6.07) is 8.44. The molecule has 2 aromatic heterocycles. The number of hydrogen-bond acceptors (Lipinski definition) is 9. The molecule has 0 spiro atoms. The Kier molecular flexibility index (Phi) is 8.30. The molecule has 0 fully saturated rings. The lowest BCUT2D eigenvalue weighted by Crippen LogP contribution is -2.51. The first kappa shape index (κ1) is 28.4. The number of aliphatic hydroxyl groups is 1. The number of thiazole rings is 1. The fraction of sp³-hybridized carbons (Fsp3) is 0.231. The molecule has 2 atom stereocenters. The summed E-state index contributed by atoms with van der Waals surface area (Å²) < 4.78 is 29.7. The predicted molar refractivity (Wildman–Crippen MR) is 141 cm³/mol. The Morgan fingerprint density at radius 3 is 2.58 bits per heavy atom. The van der Waals surface area contributed by atoms with Crippen LogP contribution in [0.3, 0.4) is 0 Å². The SMILES string of the molecule is CC(=O)ONC(=N)c1ccc(-c2nc(C)c(C(=O)NC(C)C(O)(Cn3cncn3)c3ccc(F)cc3F)s2)cc1. The first-order valence-corrected chi connectivity index (χ1v) is 12.7. The molecule has 0 saturated carbocycles. The van der Waals surface area contributed by atoms with Gasteiger partial charge in [-0.3, -0.25) is 15.0 Å². The maximum Gasteiger partial charge on any atom is 0.329 e. The van der Waals surface area contributed by atoms with E-state index >= 15 is 0 Å². The number of hydrogen-bond donors (Lipinski definition) is 4. The van der Waals surface area contributed by atoms with Crippen molar-refractivity contribution in [1.82, 2.24) is 30.5 Å². The summed E-state index contributed by atoms with van der Waals surface area (Å²) in [5.41, 5.74) is 1.60. The second kappa shape index (κ2) is 11.7. The molecule has 0 bridgehead atoms. The van der Waals surface area contributed by atoms with Gasteiger partial charge in [0, 0.05) is 29.7 Å². The minimum Gasteiger partial charge on any atom is -0.381 e. The van der Waals surface area contributed by atoms with Crippen LogP contribution in [-0.4, -0.2) is 48.6 Å². The topological polar surface area (TPSA) is 155 Å². The number of amidine groups is 1. The van der Waals surface area contributed by atoms with Crippen LogP contribution in [0.2, 0.25) is 0 Å². The smallest absolute Gasteiger partial charge is 0.329 e. The summed E-state index contributed by atoms with van der Waals surface area (Å²) in [4.78, 5) is 37.4. The highest BCUT2D eigenvalue weighted by molar-refractivity contribution is 7.17.